The van der Waals surface area contributed by atoms with E-state index < -0.39 is 0 Å². The largest absolute Gasteiger partial charge is 0.469 e. The van der Waals surface area contributed by atoms with E-state index in [1.165, 1.54) is 7.11 Å². The SMILES string of the molecule is COC(=O)C[C@@H]1[C@@H]2CNC[C@@H]21. The normalized spacial score (nSPS) is 39.9. The second-order valence-corrected chi connectivity index (χ2v) is 3.43. The van der Waals surface area contributed by atoms with Gasteiger partial charge in [0.25, 0.3) is 0 Å². The molecule has 0 amide bonds. The zero-order valence-electron chi connectivity index (χ0n) is 6.67. The quantitative estimate of drug-likeness (QED) is 0.571. The lowest BCUT2D eigenvalue weighted by Crippen LogP contribution is -2.16. The first kappa shape index (κ1) is 7.10. The highest BCUT2D eigenvalue weighted by Crippen LogP contribution is 2.50. The molecular weight excluding hydrogens is 142 g/mol. The van der Waals surface area contributed by atoms with E-state index >= 15 is 0 Å². The lowest BCUT2D eigenvalue weighted by Gasteiger charge is -2.01. The van der Waals surface area contributed by atoms with Gasteiger partial charge in [0.1, 0.15) is 0 Å². The van der Waals surface area contributed by atoms with Gasteiger partial charge in [0.15, 0.2) is 0 Å². The average molecular weight is 155 g/mol. The van der Waals surface area contributed by atoms with E-state index in [1.807, 2.05) is 0 Å². The zero-order chi connectivity index (χ0) is 7.84. The number of ether oxygens (including phenoxy) is 1. The lowest BCUT2D eigenvalue weighted by molar-refractivity contribution is -0.141. The van der Waals surface area contributed by atoms with Gasteiger partial charge in [0, 0.05) is 6.42 Å². The summed E-state index contributed by atoms with van der Waals surface area (Å²) >= 11 is 0. The van der Waals surface area contributed by atoms with E-state index in [-0.39, 0.29) is 5.97 Å². The maximum atomic E-state index is 10.9. The molecule has 0 unspecified atom stereocenters. The fourth-order valence-corrected chi connectivity index (χ4v) is 2.13. The van der Waals surface area contributed by atoms with Crippen LogP contribution in [0.2, 0.25) is 0 Å². The van der Waals surface area contributed by atoms with Crippen LogP contribution in [0.4, 0.5) is 0 Å². The highest BCUT2D eigenvalue weighted by Gasteiger charge is 2.53. The Morgan fingerprint density at radius 3 is 2.73 bits per heavy atom. The summed E-state index contributed by atoms with van der Waals surface area (Å²) in [6, 6.07) is 0. The zero-order valence-corrected chi connectivity index (χ0v) is 6.67. The van der Waals surface area contributed by atoms with Gasteiger partial charge in [-0.05, 0) is 30.8 Å². The van der Waals surface area contributed by atoms with Crippen LogP contribution in [0.25, 0.3) is 0 Å². The highest BCUT2D eigenvalue weighted by molar-refractivity contribution is 5.70. The standard InChI is InChI=1S/C8H13NO2/c1-11-8(10)2-5-6-3-9-4-7(5)6/h5-7,9H,2-4H2,1H3/t5-,6+,7-. The van der Waals surface area contributed by atoms with Gasteiger partial charge in [0.05, 0.1) is 7.11 Å². The molecule has 62 valence electrons. The molecule has 1 heterocycles. The lowest BCUT2D eigenvalue weighted by atomic mass is 10.2. The van der Waals surface area contributed by atoms with Gasteiger partial charge in [-0.2, -0.15) is 0 Å². The molecule has 0 bridgehead atoms. The van der Waals surface area contributed by atoms with Gasteiger partial charge in [-0.15, -0.1) is 0 Å². The average Bonchev–Trinajstić information content (AvgIpc) is 2.52. The number of carbonyl (C=O) groups excluding carboxylic acids is 1. The number of fused-ring (bicyclic) bond motifs is 1. The molecule has 0 aromatic rings. The number of nitrogens with one attached hydrogen (secondary N) is 1. The smallest absolute Gasteiger partial charge is 0.305 e. The molecule has 1 saturated heterocycles. The minimum absolute atomic E-state index is 0.0515. The van der Waals surface area contributed by atoms with Gasteiger partial charge >= 0.3 is 5.97 Å². The van der Waals surface area contributed by atoms with E-state index in [0.717, 1.165) is 24.9 Å². The summed E-state index contributed by atoms with van der Waals surface area (Å²) in [5, 5.41) is 3.29. The third-order valence-electron chi connectivity index (χ3n) is 2.90. The molecule has 0 radical (unpaired) electrons. The Hall–Kier alpha value is -0.570. The molecule has 2 fully saturated rings. The van der Waals surface area contributed by atoms with E-state index in [4.69, 9.17) is 0 Å². The molecule has 1 N–H and O–H groups in total. The number of esters is 1. The first-order valence-corrected chi connectivity index (χ1v) is 4.10. The first-order valence-electron chi connectivity index (χ1n) is 4.10. The van der Waals surface area contributed by atoms with E-state index in [0.29, 0.717) is 12.3 Å². The van der Waals surface area contributed by atoms with Gasteiger partial charge in [0.2, 0.25) is 0 Å². The van der Waals surface area contributed by atoms with Gasteiger partial charge < -0.3 is 10.1 Å². The Kier molecular flexibility index (Phi) is 1.60. The molecule has 11 heavy (non-hydrogen) atoms. The first-order chi connectivity index (χ1) is 5.33. The van der Waals surface area contributed by atoms with Crippen LogP contribution in [0, 0.1) is 17.8 Å². The van der Waals surface area contributed by atoms with Crippen molar-refractivity contribution >= 4 is 5.97 Å². The molecule has 3 heteroatoms. The fraction of sp³-hybridized carbons (Fsp3) is 0.875. The Bertz CT molecular complexity index is 171. The Morgan fingerprint density at radius 1 is 1.55 bits per heavy atom. The topological polar surface area (TPSA) is 38.3 Å². The van der Waals surface area contributed by atoms with Crippen molar-refractivity contribution in [2.24, 2.45) is 17.8 Å². The minimum atomic E-state index is -0.0515. The number of hydrogen-bond donors (Lipinski definition) is 1. The van der Waals surface area contributed by atoms with Crippen LogP contribution >= 0.6 is 0 Å². The van der Waals surface area contributed by atoms with Crippen LogP contribution in [-0.2, 0) is 9.53 Å². The van der Waals surface area contributed by atoms with Crippen molar-refractivity contribution in [3.63, 3.8) is 0 Å². The van der Waals surface area contributed by atoms with Crippen molar-refractivity contribution in [2.75, 3.05) is 20.2 Å². The molecule has 2 rings (SSSR count). The van der Waals surface area contributed by atoms with Crippen LogP contribution in [0.1, 0.15) is 6.42 Å². The van der Waals surface area contributed by atoms with Gasteiger partial charge in [-0.3, -0.25) is 4.79 Å². The predicted molar refractivity (Wildman–Crippen MR) is 40.0 cm³/mol. The van der Waals surface area contributed by atoms with Crippen molar-refractivity contribution in [3.05, 3.63) is 0 Å². The molecule has 0 aromatic carbocycles. The van der Waals surface area contributed by atoms with Crippen molar-refractivity contribution in [1.82, 2.24) is 5.32 Å². The molecular formula is C8H13NO2. The second kappa shape index (κ2) is 2.48. The molecule has 3 nitrogen and oxygen atoms in total. The number of rotatable bonds is 2. The third kappa shape index (κ3) is 1.13. The maximum Gasteiger partial charge on any atom is 0.305 e. The number of methoxy groups -OCH3 is 1. The van der Waals surface area contributed by atoms with Crippen LogP contribution in [0.3, 0.4) is 0 Å². The van der Waals surface area contributed by atoms with Crippen molar-refractivity contribution < 1.29 is 9.53 Å². The summed E-state index contributed by atoms with van der Waals surface area (Å²) in [6.07, 6.45) is 0.632. The van der Waals surface area contributed by atoms with Crippen LogP contribution in [-0.4, -0.2) is 26.2 Å². The molecule has 2 aliphatic rings. The van der Waals surface area contributed by atoms with Gasteiger partial charge in [-0.25, -0.2) is 0 Å². The minimum Gasteiger partial charge on any atom is -0.469 e. The molecule has 3 atom stereocenters. The Morgan fingerprint density at radius 2 is 2.18 bits per heavy atom. The molecule has 1 aliphatic heterocycles. The summed E-state index contributed by atoms with van der Waals surface area (Å²) in [5.41, 5.74) is 0. The third-order valence-corrected chi connectivity index (χ3v) is 2.90. The van der Waals surface area contributed by atoms with E-state index in [1.54, 1.807) is 0 Å². The molecule has 1 aliphatic carbocycles. The van der Waals surface area contributed by atoms with Crippen molar-refractivity contribution in [1.29, 1.82) is 0 Å². The highest BCUT2D eigenvalue weighted by atomic mass is 16.5. The maximum absolute atomic E-state index is 10.9. The number of hydrogen-bond acceptors (Lipinski definition) is 3. The Labute approximate surface area is 66.1 Å². The van der Waals surface area contributed by atoms with E-state index in [9.17, 15) is 4.79 Å². The van der Waals surface area contributed by atoms with E-state index in [2.05, 4.69) is 10.1 Å². The summed E-state index contributed by atoms with van der Waals surface area (Å²) in [7, 11) is 1.46. The van der Waals surface area contributed by atoms with Crippen LogP contribution < -0.4 is 5.32 Å². The summed E-state index contributed by atoms with van der Waals surface area (Å²) in [4.78, 5) is 10.9. The molecule has 0 spiro atoms. The number of carbonyl (C=O) groups is 1. The van der Waals surface area contributed by atoms with Crippen LogP contribution in [0.15, 0.2) is 0 Å². The Balaban J connectivity index is 1.79. The monoisotopic (exact) mass is 155 g/mol. The van der Waals surface area contributed by atoms with Gasteiger partial charge in [-0.1, -0.05) is 0 Å². The van der Waals surface area contributed by atoms with Crippen molar-refractivity contribution in [3.8, 4) is 0 Å². The van der Waals surface area contributed by atoms with Crippen LogP contribution in [0.5, 0.6) is 0 Å². The predicted octanol–water partition coefficient (Wildman–Crippen LogP) is 0.0149. The summed E-state index contributed by atoms with van der Waals surface area (Å²) < 4.78 is 4.61. The molecule has 0 aromatic heterocycles. The van der Waals surface area contributed by atoms with Crippen molar-refractivity contribution in [2.45, 2.75) is 6.42 Å². The summed E-state index contributed by atoms with van der Waals surface area (Å²) in [6.45, 7) is 2.21. The second-order valence-electron chi connectivity index (χ2n) is 3.43. The number of piperidine rings is 1. The fourth-order valence-electron chi connectivity index (χ4n) is 2.13. The molecule has 1 saturated carbocycles. The summed E-state index contributed by atoms with van der Waals surface area (Å²) in [5.74, 6) is 2.12.